The van der Waals surface area contributed by atoms with Crippen molar-refractivity contribution in [1.82, 2.24) is 0 Å². The third-order valence-corrected chi connectivity index (χ3v) is 3.62. The molecule has 0 bridgehead atoms. The lowest BCUT2D eigenvalue weighted by Gasteiger charge is -2.17. The fourth-order valence-corrected chi connectivity index (χ4v) is 1.84. The zero-order valence-electron chi connectivity index (χ0n) is 10.6. The van der Waals surface area contributed by atoms with E-state index in [1.807, 2.05) is 0 Å². The Morgan fingerprint density at radius 3 is 2.13 bits per heavy atom. The van der Waals surface area contributed by atoms with Crippen molar-refractivity contribution in [2.45, 2.75) is 47.0 Å². The largest absolute Gasteiger partial charge is 0.0651 e. The molecule has 0 fully saturated rings. The summed E-state index contributed by atoms with van der Waals surface area (Å²) < 4.78 is 0. The van der Waals surface area contributed by atoms with E-state index in [-0.39, 0.29) is 0 Å². The Morgan fingerprint density at radius 1 is 1.00 bits per heavy atom. The summed E-state index contributed by atoms with van der Waals surface area (Å²) in [5, 5.41) is 0. The third kappa shape index (κ3) is 4.07. The van der Waals surface area contributed by atoms with E-state index in [2.05, 4.69) is 52.0 Å². The molecular weight excluding hydrogens is 180 g/mol. The summed E-state index contributed by atoms with van der Waals surface area (Å²) in [6.07, 6.45) is 3.85. The van der Waals surface area contributed by atoms with Gasteiger partial charge in [0.25, 0.3) is 0 Å². The maximum absolute atomic E-state index is 2.38. The van der Waals surface area contributed by atoms with Gasteiger partial charge >= 0.3 is 0 Å². The van der Waals surface area contributed by atoms with Crippen LogP contribution in [0.25, 0.3) is 0 Å². The lowest BCUT2D eigenvalue weighted by atomic mass is 9.88. The topological polar surface area (TPSA) is 0 Å². The van der Waals surface area contributed by atoms with Crippen molar-refractivity contribution in [3.8, 4) is 0 Å². The predicted octanol–water partition coefficient (Wildman–Crippen LogP) is 4.61. The minimum Gasteiger partial charge on any atom is -0.0651 e. The average molecular weight is 204 g/mol. The first-order chi connectivity index (χ1) is 7.13. The Labute approximate surface area is 94.7 Å². The van der Waals surface area contributed by atoms with Crippen LogP contribution in [0.4, 0.5) is 0 Å². The molecule has 1 aromatic carbocycles. The summed E-state index contributed by atoms with van der Waals surface area (Å²) in [7, 11) is 0. The Kier molecular flexibility index (Phi) is 4.87. The van der Waals surface area contributed by atoms with Crippen molar-refractivity contribution < 1.29 is 0 Å². The number of aryl methyl sites for hydroxylation is 2. The molecule has 0 saturated heterocycles. The standard InChI is InChI=1S/C15H24/c1-5-13(3)14(4)8-11-15-9-6-12(2)7-10-15/h6-7,9-10,13-14H,5,8,11H2,1-4H3. The van der Waals surface area contributed by atoms with Crippen molar-refractivity contribution in [3.63, 3.8) is 0 Å². The van der Waals surface area contributed by atoms with Crippen molar-refractivity contribution in [3.05, 3.63) is 35.4 Å². The fourth-order valence-electron chi connectivity index (χ4n) is 1.84. The molecule has 0 aliphatic heterocycles. The van der Waals surface area contributed by atoms with Gasteiger partial charge in [-0.2, -0.15) is 0 Å². The van der Waals surface area contributed by atoms with Crippen LogP contribution in [-0.2, 0) is 6.42 Å². The van der Waals surface area contributed by atoms with Gasteiger partial charge in [-0.3, -0.25) is 0 Å². The highest BCUT2D eigenvalue weighted by Crippen LogP contribution is 2.20. The van der Waals surface area contributed by atoms with Crippen LogP contribution in [0.2, 0.25) is 0 Å². The predicted molar refractivity (Wildman–Crippen MR) is 68.1 cm³/mol. The van der Waals surface area contributed by atoms with E-state index in [4.69, 9.17) is 0 Å². The van der Waals surface area contributed by atoms with E-state index in [1.165, 1.54) is 30.4 Å². The maximum Gasteiger partial charge on any atom is -0.0276 e. The summed E-state index contributed by atoms with van der Waals surface area (Å²) in [5.74, 6) is 1.70. The maximum atomic E-state index is 2.38. The van der Waals surface area contributed by atoms with Crippen molar-refractivity contribution >= 4 is 0 Å². The number of hydrogen-bond acceptors (Lipinski definition) is 0. The molecule has 15 heavy (non-hydrogen) atoms. The number of hydrogen-bond donors (Lipinski definition) is 0. The second-order valence-corrected chi connectivity index (χ2v) is 4.89. The zero-order chi connectivity index (χ0) is 11.3. The average Bonchev–Trinajstić information content (AvgIpc) is 2.26. The van der Waals surface area contributed by atoms with Crippen LogP contribution in [-0.4, -0.2) is 0 Å². The Hall–Kier alpha value is -0.780. The van der Waals surface area contributed by atoms with E-state index < -0.39 is 0 Å². The fraction of sp³-hybridized carbons (Fsp3) is 0.600. The van der Waals surface area contributed by atoms with Gasteiger partial charge in [-0.05, 0) is 37.2 Å². The first-order valence-corrected chi connectivity index (χ1v) is 6.19. The van der Waals surface area contributed by atoms with Gasteiger partial charge in [0.05, 0.1) is 0 Å². The van der Waals surface area contributed by atoms with Gasteiger partial charge in [0.1, 0.15) is 0 Å². The molecular formula is C15H24. The first kappa shape index (κ1) is 12.3. The van der Waals surface area contributed by atoms with Crippen molar-refractivity contribution in [1.29, 1.82) is 0 Å². The van der Waals surface area contributed by atoms with E-state index >= 15 is 0 Å². The molecule has 0 aliphatic rings. The molecule has 0 aliphatic carbocycles. The van der Waals surface area contributed by atoms with Crippen LogP contribution < -0.4 is 0 Å². The summed E-state index contributed by atoms with van der Waals surface area (Å²) >= 11 is 0. The summed E-state index contributed by atoms with van der Waals surface area (Å²) in [5.41, 5.74) is 2.84. The minimum absolute atomic E-state index is 0.844. The summed E-state index contributed by atoms with van der Waals surface area (Å²) in [6, 6.07) is 8.95. The smallest absolute Gasteiger partial charge is 0.0276 e. The molecule has 0 aromatic heterocycles. The van der Waals surface area contributed by atoms with Crippen molar-refractivity contribution in [2.75, 3.05) is 0 Å². The molecule has 0 nitrogen and oxygen atoms in total. The summed E-state index contributed by atoms with van der Waals surface area (Å²) in [6.45, 7) is 9.17. The Balaban J connectivity index is 2.40. The van der Waals surface area contributed by atoms with Gasteiger partial charge in [-0.1, -0.05) is 57.0 Å². The highest BCUT2D eigenvalue weighted by Gasteiger charge is 2.09. The zero-order valence-corrected chi connectivity index (χ0v) is 10.6. The molecule has 2 unspecified atom stereocenters. The molecule has 0 spiro atoms. The molecule has 0 saturated carbocycles. The molecule has 0 heterocycles. The lowest BCUT2D eigenvalue weighted by Crippen LogP contribution is -2.07. The van der Waals surface area contributed by atoms with Crippen LogP contribution in [0.1, 0.15) is 44.7 Å². The number of rotatable bonds is 5. The first-order valence-electron chi connectivity index (χ1n) is 6.19. The molecule has 0 heteroatoms. The highest BCUT2D eigenvalue weighted by atomic mass is 14.1. The van der Waals surface area contributed by atoms with E-state index in [9.17, 15) is 0 Å². The van der Waals surface area contributed by atoms with Gasteiger partial charge in [0, 0.05) is 0 Å². The van der Waals surface area contributed by atoms with Crippen LogP contribution >= 0.6 is 0 Å². The monoisotopic (exact) mass is 204 g/mol. The van der Waals surface area contributed by atoms with Crippen LogP contribution in [0.15, 0.2) is 24.3 Å². The summed E-state index contributed by atoms with van der Waals surface area (Å²) in [4.78, 5) is 0. The Morgan fingerprint density at radius 2 is 1.60 bits per heavy atom. The van der Waals surface area contributed by atoms with Crippen molar-refractivity contribution in [2.24, 2.45) is 11.8 Å². The molecule has 0 N–H and O–H groups in total. The molecule has 1 aromatic rings. The van der Waals surface area contributed by atoms with Gasteiger partial charge in [-0.15, -0.1) is 0 Å². The molecule has 1 rings (SSSR count). The van der Waals surface area contributed by atoms with E-state index in [0.717, 1.165) is 11.8 Å². The third-order valence-electron chi connectivity index (χ3n) is 3.62. The van der Waals surface area contributed by atoms with Gasteiger partial charge < -0.3 is 0 Å². The molecule has 84 valence electrons. The normalized spacial score (nSPS) is 14.9. The molecule has 0 amide bonds. The SMILES string of the molecule is CCC(C)C(C)CCc1ccc(C)cc1. The van der Waals surface area contributed by atoms with Crippen LogP contribution in [0.3, 0.4) is 0 Å². The molecule has 2 atom stereocenters. The van der Waals surface area contributed by atoms with Gasteiger partial charge in [0.2, 0.25) is 0 Å². The highest BCUT2D eigenvalue weighted by molar-refractivity contribution is 5.21. The number of benzene rings is 1. The second-order valence-electron chi connectivity index (χ2n) is 4.89. The van der Waals surface area contributed by atoms with E-state index in [1.54, 1.807) is 0 Å². The second kappa shape index (κ2) is 5.95. The van der Waals surface area contributed by atoms with Crippen LogP contribution in [0, 0.1) is 18.8 Å². The van der Waals surface area contributed by atoms with Gasteiger partial charge in [-0.25, -0.2) is 0 Å². The van der Waals surface area contributed by atoms with Gasteiger partial charge in [0.15, 0.2) is 0 Å². The molecule has 0 radical (unpaired) electrons. The minimum atomic E-state index is 0.844. The van der Waals surface area contributed by atoms with E-state index in [0.29, 0.717) is 0 Å². The lowest BCUT2D eigenvalue weighted by molar-refractivity contribution is 0.355. The Bertz CT molecular complexity index is 271. The quantitative estimate of drug-likeness (QED) is 0.657. The van der Waals surface area contributed by atoms with Crippen LogP contribution in [0.5, 0.6) is 0 Å².